The molecule has 2 N–H and O–H groups in total. The Kier molecular flexibility index (Phi) is 3.38. The molecule has 0 saturated heterocycles. The van der Waals surface area contributed by atoms with Gasteiger partial charge < -0.3 is 5.73 Å². The highest BCUT2D eigenvalue weighted by Crippen LogP contribution is 2.36. The number of hydrogen-bond donors (Lipinski definition) is 1. The first-order chi connectivity index (χ1) is 10.6. The summed E-state index contributed by atoms with van der Waals surface area (Å²) in [4.78, 5) is 11.1. The number of aromatic nitrogens is 2. The number of nitroso groups, excluding NO2 is 1. The molecule has 0 saturated carbocycles. The van der Waals surface area contributed by atoms with Gasteiger partial charge in [0.2, 0.25) is 0 Å². The maximum atomic E-state index is 13.9. The molecule has 3 rings (SSSR count). The van der Waals surface area contributed by atoms with E-state index in [4.69, 9.17) is 5.73 Å². The molecule has 0 spiro atoms. The molecule has 0 bridgehead atoms. The average molecular weight is 300 g/mol. The maximum Gasteiger partial charge on any atom is 0.178 e. The van der Waals surface area contributed by atoms with Crippen LogP contribution in [-0.4, -0.2) is 9.78 Å². The first-order valence-electron chi connectivity index (χ1n) is 6.34. The average Bonchev–Trinajstić information content (AvgIpc) is 2.87. The molecule has 0 aliphatic carbocycles. The fourth-order valence-corrected chi connectivity index (χ4v) is 2.14. The van der Waals surface area contributed by atoms with Gasteiger partial charge in [0, 0.05) is 11.6 Å². The summed E-state index contributed by atoms with van der Waals surface area (Å²) in [6.45, 7) is 0. The Labute approximate surface area is 124 Å². The van der Waals surface area contributed by atoms with Crippen molar-refractivity contribution in [2.75, 3.05) is 5.73 Å². The summed E-state index contributed by atoms with van der Waals surface area (Å²) >= 11 is 0. The molecular formula is C15H10F2N4O. The molecule has 0 fully saturated rings. The summed E-state index contributed by atoms with van der Waals surface area (Å²) < 4.78 is 28.2. The molecular weight excluding hydrogens is 290 g/mol. The van der Waals surface area contributed by atoms with E-state index in [1.807, 2.05) is 0 Å². The molecule has 3 aromatic rings. The predicted molar refractivity (Wildman–Crippen MR) is 78.8 cm³/mol. The van der Waals surface area contributed by atoms with Crippen LogP contribution in [0.3, 0.4) is 0 Å². The van der Waals surface area contributed by atoms with Crippen LogP contribution in [0, 0.1) is 16.5 Å². The van der Waals surface area contributed by atoms with Crippen molar-refractivity contribution < 1.29 is 8.78 Å². The van der Waals surface area contributed by atoms with Gasteiger partial charge in [-0.3, -0.25) is 0 Å². The standard InChI is InChI=1S/C15H10F2N4O/c16-10-6-7-11(17)12(8-10)21-15(18)14(20-22)13(19-21)9-4-2-1-3-5-9/h1-8H,18H2. The van der Waals surface area contributed by atoms with E-state index in [0.717, 1.165) is 22.9 Å². The number of anilines is 1. The molecule has 1 aromatic heterocycles. The second-order valence-electron chi connectivity index (χ2n) is 4.55. The van der Waals surface area contributed by atoms with Crippen molar-refractivity contribution in [3.05, 3.63) is 65.1 Å². The van der Waals surface area contributed by atoms with Gasteiger partial charge in [-0.25, -0.2) is 13.5 Å². The predicted octanol–water partition coefficient (Wildman–Crippen LogP) is 3.80. The minimum absolute atomic E-state index is 0.116. The third-order valence-electron chi connectivity index (χ3n) is 3.17. The van der Waals surface area contributed by atoms with E-state index < -0.39 is 11.6 Å². The summed E-state index contributed by atoms with van der Waals surface area (Å²) in [6, 6.07) is 11.6. The van der Waals surface area contributed by atoms with Gasteiger partial charge in [-0.05, 0) is 17.3 Å². The van der Waals surface area contributed by atoms with Crippen LogP contribution in [0.5, 0.6) is 0 Å². The Morgan fingerprint density at radius 1 is 1.09 bits per heavy atom. The number of benzene rings is 2. The van der Waals surface area contributed by atoms with Crippen LogP contribution in [-0.2, 0) is 0 Å². The van der Waals surface area contributed by atoms with Crippen molar-refractivity contribution in [1.29, 1.82) is 0 Å². The topological polar surface area (TPSA) is 73.3 Å². The summed E-state index contributed by atoms with van der Waals surface area (Å²) in [5.74, 6) is -1.51. The Bertz CT molecular complexity index is 846. The molecule has 110 valence electrons. The van der Waals surface area contributed by atoms with Crippen LogP contribution in [0.2, 0.25) is 0 Å². The third-order valence-corrected chi connectivity index (χ3v) is 3.17. The van der Waals surface area contributed by atoms with Crippen LogP contribution in [0.1, 0.15) is 0 Å². The lowest BCUT2D eigenvalue weighted by molar-refractivity contribution is 0.588. The number of rotatable bonds is 3. The van der Waals surface area contributed by atoms with E-state index in [2.05, 4.69) is 10.3 Å². The zero-order chi connectivity index (χ0) is 15.7. The molecule has 2 aromatic carbocycles. The van der Waals surface area contributed by atoms with E-state index in [1.54, 1.807) is 30.3 Å². The SMILES string of the molecule is Nc1c(N=O)c(-c2ccccc2)nn1-c1cc(F)ccc1F. The van der Waals surface area contributed by atoms with Crippen molar-refractivity contribution >= 4 is 11.5 Å². The zero-order valence-electron chi connectivity index (χ0n) is 11.2. The number of nitrogens with zero attached hydrogens (tertiary/aromatic N) is 3. The summed E-state index contributed by atoms with van der Waals surface area (Å²) in [7, 11) is 0. The second-order valence-corrected chi connectivity index (χ2v) is 4.55. The Balaban J connectivity index is 2.25. The van der Waals surface area contributed by atoms with E-state index in [9.17, 15) is 13.7 Å². The van der Waals surface area contributed by atoms with Gasteiger partial charge in [0.25, 0.3) is 0 Å². The smallest absolute Gasteiger partial charge is 0.178 e. The fourth-order valence-electron chi connectivity index (χ4n) is 2.14. The fraction of sp³-hybridized carbons (Fsp3) is 0. The molecule has 0 unspecified atom stereocenters. The molecule has 0 aliphatic heterocycles. The van der Waals surface area contributed by atoms with Gasteiger partial charge in [-0.1, -0.05) is 30.3 Å². The second kappa shape index (κ2) is 5.36. The highest BCUT2D eigenvalue weighted by molar-refractivity contribution is 5.80. The number of nitrogen functional groups attached to an aromatic ring is 1. The van der Waals surface area contributed by atoms with E-state index >= 15 is 0 Å². The Morgan fingerprint density at radius 2 is 1.82 bits per heavy atom. The highest BCUT2D eigenvalue weighted by Gasteiger charge is 2.20. The Hall–Kier alpha value is -3.09. The maximum absolute atomic E-state index is 13.9. The molecule has 0 aliphatic rings. The van der Waals surface area contributed by atoms with Crippen LogP contribution in [0.4, 0.5) is 20.3 Å². The van der Waals surface area contributed by atoms with Crippen molar-refractivity contribution in [1.82, 2.24) is 9.78 Å². The minimum Gasteiger partial charge on any atom is -0.382 e. The van der Waals surface area contributed by atoms with Crippen molar-refractivity contribution in [2.24, 2.45) is 5.18 Å². The monoisotopic (exact) mass is 300 g/mol. The summed E-state index contributed by atoms with van der Waals surface area (Å²) in [5.41, 5.74) is 6.32. The van der Waals surface area contributed by atoms with E-state index in [-0.39, 0.29) is 22.9 Å². The van der Waals surface area contributed by atoms with Gasteiger partial charge >= 0.3 is 0 Å². The largest absolute Gasteiger partial charge is 0.382 e. The molecule has 0 radical (unpaired) electrons. The number of nitrogens with two attached hydrogens (primary N) is 1. The van der Waals surface area contributed by atoms with Crippen molar-refractivity contribution in [3.8, 4) is 16.9 Å². The van der Waals surface area contributed by atoms with Crippen LogP contribution < -0.4 is 5.73 Å². The molecule has 7 heteroatoms. The molecule has 22 heavy (non-hydrogen) atoms. The lowest BCUT2D eigenvalue weighted by Gasteiger charge is -2.05. The molecule has 5 nitrogen and oxygen atoms in total. The van der Waals surface area contributed by atoms with Gasteiger partial charge in [0.05, 0.1) is 0 Å². The first-order valence-corrected chi connectivity index (χ1v) is 6.34. The van der Waals surface area contributed by atoms with Crippen LogP contribution in [0.15, 0.2) is 53.7 Å². The first kappa shape index (κ1) is 13.9. The lowest BCUT2D eigenvalue weighted by Crippen LogP contribution is -2.04. The molecule has 0 amide bonds. The minimum atomic E-state index is -0.715. The number of halogens is 2. The highest BCUT2D eigenvalue weighted by atomic mass is 19.1. The quantitative estimate of drug-likeness (QED) is 0.748. The van der Waals surface area contributed by atoms with Crippen molar-refractivity contribution in [3.63, 3.8) is 0 Å². The zero-order valence-corrected chi connectivity index (χ0v) is 11.2. The normalized spacial score (nSPS) is 10.6. The Morgan fingerprint density at radius 3 is 2.50 bits per heavy atom. The number of hydrogen-bond acceptors (Lipinski definition) is 4. The van der Waals surface area contributed by atoms with Gasteiger partial charge in [0.15, 0.2) is 11.5 Å². The van der Waals surface area contributed by atoms with Crippen molar-refractivity contribution in [2.45, 2.75) is 0 Å². The van der Waals surface area contributed by atoms with E-state index in [1.165, 1.54) is 0 Å². The van der Waals surface area contributed by atoms with Crippen LogP contribution in [0.25, 0.3) is 16.9 Å². The molecule has 1 heterocycles. The third kappa shape index (κ3) is 2.22. The van der Waals surface area contributed by atoms with Gasteiger partial charge in [-0.15, -0.1) is 4.91 Å². The van der Waals surface area contributed by atoms with Gasteiger partial charge in [-0.2, -0.15) is 5.10 Å². The van der Waals surface area contributed by atoms with Gasteiger partial charge in [0.1, 0.15) is 23.0 Å². The van der Waals surface area contributed by atoms with E-state index in [0.29, 0.717) is 5.56 Å². The summed E-state index contributed by atoms with van der Waals surface area (Å²) in [6.07, 6.45) is 0. The lowest BCUT2D eigenvalue weighted by atomic mass is 10.1. The molecule has 0 atom stereocenters. The summed E-state index contributed by atoms with van der Waals surface area (Å²) in [5, 5.41) is 6.98. The van der Waals surface area contributed by atoms with Crippen LogP contribution >= 0.6 is 0 Å².